The number of esters is 1. The van der Waals surface area contributed by atoms with Gasteiger partial charge in [0.25, 0.3) is 0 Å². The van der Waals surface area contributed by atoms with E-state index < -0.39 is 0 Å². The van der Waals surface area contributed by atoms with Crippen molar-refractivity contribution in [1.82, 2.24) is 0 Å². The third kappa shape index (κ3) is 4.95. The van der Waals surface area contributed by atoms with Gasteiger partial charge in [0, 0.05) is 11.8 Å². The molecule has 1 aliphatic rings. The first-order valence-corrected chi connectivity index (χ1v) is 8.47. The summed E-state index contributed by atoms with van der Waals surface area (Å²) in [5, 5.41) is 9.68. The molecule has 1 N–H and O–H groups in total. The number of carbonyl (C=O) groups excluding carboxylic acids is 1. The lowest BCUT2D eigenvalue weighted by Gasteiger charge is -2.35. The molecule has 1 saturated heterocycles. The SMILES string of the molecule is Cc1cc(CCC(=O)OCC(C)(C)C2OCCCO2)c(C)cc1O. The molecule has 24 heavy (non-hydrogen) atoms. The molecule has 1 aliphatic heterocycles. The molecule has 0 amide bonds. The molecule has 2 rings (SSSR count). The summed E-state index contributed by atoms with van der Waals surface area (Å²) in [5.41, 5.74) is 2.48. The second-order valence-electron chi connectivity index (χ2n) is 7.14. The topological polar surface area (TPSA) is 65.0 Å². The van der Waals surface area contributed by atoms with E-state index in [0.717, 1.165) is 23.1 Å². The van der Waals surface area contributed by atoms with Crippen LogP contribution in [0.4, 0.5) is 0 Å². The van der Waals surface area contributed by atoms with E-state index in [0.29, 0.717) is 26.1 Å². The summed E-state index contributed by atoms with van der Waals surface area (Å²) in [7, 11) is 0. The van der Waals surface area contributed by atoms with E-state index >= 15 is 0 Å². The van der Waals surface area contributed by atoms with Crippen molar-refractivity contribution >= 4 is 5.97 Å². The number of phenolic OH excluding ortho intramolecular Hbond substituents is 1. The fourth-order valence-corrected chi connectivity index (χ4v) is 2.71. The van der Waals surface area contributed by atoms with Crippen molar-refractivity contribution in [3.8, 4) is 5.75 Å². The molecule has 1 heterocycles. The molecule has 0 unspecified atom stereocenters. The second kappa shape index (κ2) is 7.99. The molecule has 0 saturated carbocycles. The van der Waals surface area contributed by atoms with Crippen LogP contribution in [0.1, 0.15) is 43.4 Å². The molecular formula is C19H28O5. The number of hydrogen-bond donors (Lipinski definition) is 1. The van der Waals surface area contributed by atoms with Crippen LogP contribution in [0.5, 0.6) is 5.75 Å². The summed E-state index contributed by atoms with van der Waals surface area (Å²) in [4.78, 5) is 12.1. The first kappa shape index (κ1) is 18.7. The molecule has 1 aromatic carbocycles. The third-order valence-electron chi connectivity index (χ3n) is 4.32. The van der Waals surface area contributed by atoms with Crippen molar-refractivity contribution in [2.45, 2.75) is 53.2 Å². The quantitative estimate of drug-likeness (QED) is 0.808. The summed E-state index contributed by atoms with van der Waals surface area (Å²) in [5.74, 6) is 0.0528. The van der Waals surface area contributed by atoms with Crippen LogP contribution in [-0.2, 0) is 25.4 Å². The van der Waals surface area contributed by atoms with Crippen molar-refractivity contribution in [1.29, 1.82) is 0 Å². The Morgan fingerprint density at radius 3 is 2.58 bits per heavy atom. The number of carbonyl (C=O) groups is 1. The van der Waals surface area contributed by atoms with Crippen LogP contribution in [0.25, 0.3) is 0 Å². The number of phenols is 1. The van der Waals surface area contributed by atoms with Crippen LogP contribution in [0.3, 0.4) is 0 Å². The number of aryl methyl sites for hydroxylation is 3. The van der Waals surface area contributed by atoms with Gasteiger partial charge in [-0.1, -0.05) is 19.9 Å². The minimum Gasteiger partial charge on any atom is -0.508 e. The van der Waals surface area contributed by atoms with Gasteiger partial charge in [-0.3, -0.25) is 4.79 Å². The zero-order chi connectivity index (χ0) is 17.7. The van der Waals surface area contributed by atoms with E-state index in [1.165, 1.54) is 0 Å². The Hall–Kier alpha value is -1.59. The Balaban J connectivity index is 1.82. The van der Waals surface area contributed by atoms with Gasteiger partial charge in [-0.2, -0.15) is 0 Å². The highest BCUT2D eigenvalue weighted by molar-refractivity contribution is 5.69. The number of rotatable bonds is 6. The van der Waals surface area contributed by atoms with Crippen molar-refractivity contribution in [2.24, 2.45) is 5.41 Å². The molecule has 5 heteroatoms. The summed E-state index contributed by atoms with van der Waals surface area (Å²) < 4.78 is 16.6. The van der Waals surface area contributed by atoms with Gasteiger partial charge in [0.2, 0.25) is 0 Å². The van der Waals surface area contributed by atoms with Crippen LogP contribution in [0.2, 0.25) is 0 Å². The van der Waals surface area contributed by atoms with Gasteiger partial charge in [0.05, 0.1) is 13.2 Å². The maximum Gasteiger partial charge on any atom is 0.306 e. The van der Waals surface area contributed by atoms with Crippen LogP contribution in [0.15, 0.2) is 12.1 Å². The van der Waals surface area contributed by atoms with Crippen molar-refractivity contribution in [3.63, 3.8) is 0 Å². The highest BCUT2D eigenvalue weighted by atomic mass is 16.7. The number of benzene rings is 1. The van der Waals surface area contributed by atoms with Gasteiger partial charge in [-0.05, 0) is 49.4 Å². The summed E-state index contributed by atoms with van der Waals surface area (Å²) >= 11 is 0. The van der Waals surface area contributed by atoms with E-state index in [1.54, 1.807) is 6.07 Å². The van der Waals surface area contributed by atoms with Gasteiger partial charge in [-0.25, -0.2) is 0 Å². The lowest BCUT2D eigenvalue weighted by atomic mass is 9.93. The lowest BCUT2D eigenvalue weighted by Crippen LogP contribution is -2.41. The standard InChI is InChI=1S/C19H28O5/c1-13-11-16(20)14(2)10-15(13)6-7-17(21)24-12-19(3,4)18-22-8-5-9-23-18/h10-11,18,20H,5-9,12H2,1-4H3. The van der Waals surface area contributed by atoms with Gasteiger partial charge in [0.15, 0.2) is 6.29 Å². The minimum atomic E-state index is -0.374. The normalized spacial score (nSPS) is 16.2. The molecule has 0 aliphatic carbocycles. The third-order valence-corrected chi connectivity index (χ3v) is 4.32. The van der Waals surface area contributed by atoms with Crippen molar-refractivity contribution in [2.75, 3.05) is 19.8 Å². The lowest BCUT2D eigenvalue weighted by molar-refractivity contribution is -0.237. The zero-order valence-corrected chi connectivity index (χ0v) is 15.1. The van der Waals surface area contributed by atoms with Gasteiger partial charge >= 0.3 is 5.97 Å². The van der Waals surface area contributed by atoms with E-state index in [2.05, 4.69) is 0 Å². The van der Waals surface area contributed by atoms with E-state index in [1.807, 2.05) is 33.8 Å². The van der Waals surface area contributed by atoms with Crippen LogP contribution in [0, 0.1) is 19.3 Å². The smallest absolute Gasteiger partial charge is 0.306 e. The predicted octanol–water partition coefficient (Wildman–Crippen LogP) is 3.27. The van der Waals surface area contributed by atoms with Crippen LogP contribution >= 0.6 is 0 Å². The Bertz CT molecular complexity index is 573. The molecule has 0 atom stereocenters. The number of ether oxygens (including phenoxy) is 3. The zero-order valence-electron chi connectivity index (χ0n) is 15.1. The van der Waals surface area contributed by atoms with E-state index in [4.69, 9.17) is 14.2 Å². The van der Waals surface area contributed by atoms with Crippen LogP contribution in [-0.4, -0.2) is 37.2 Å². The van der Waals surface area contributed by atoms with Gasteiger partial charge < -0.3 is 19.3 Å². The largest absolute Gasteiger partial charge is 0.508 e. The average Bonchev–Trinajstić information content (AvgIpc) is 2.56. The van der Waals surface area contributed by atoms with Gasteiger partial charge in [-0.15, -0.1) is 0 Å². The Morgan fingerprint density at radius 2 is 1.92 bits per heavy atom. The van der Waals surface area contributed by atoms with Crippen molar-refractivity contribution < 1.29 is 24.1 Å². The summed E-state index contributed by atoms with van der Waals surface area (Å²) in [6.45, 7) is 9.37. The number of hydrogen-bond acceptors (Lipinski definition) is 5. The fraction of sp³-hybridized carbons (Fsp3) is 0.632. The maximum absolute atomic E-state index is 12.1. The molecule has 0 bridgehead atoms. The van der Waals surface area contributed by atoms with Crippen molar-refractivity contribution in [3.05, 3.63) is 28.8 Å². The molecule has 1 fully saturated rings. The van der Waals surface area contributed by atoms with E-state index in [-0.39, 0.29) is 30.0 Å². The first-order chi connectivity index (χ1) is 11.3. The second-order valence-corrected chi connectivity index (χ2v) is 7.14. The maximum atomic E-state index is 12.1. The molecule has 0 spiro atoms. The van der Waals surface area contributed by atoms with Gasteiger partial charge in [0.1, 0.15) is 12.4 Å². The predicted molar refractivity (Wildman–Crippen MR) is 91.0 cm³/mol. The monoisotopic (exact) mass is 336 g/mol. The van der Waals surface area contributed by atoms with Crippen LogP contribution < -0.4 is 0 Å². The highest BCUT2D eigenvalue weighted by Crippen LogP contribution is 2.27. The highest BCUT2D eigenvalue weighted by Gasteiger charge is 2.34. The molecular weight excluding hydrogens is 308 g/mol. The molecule has 5 nitrogen and oxygen atoms in total. The Morgan fingerprint density at radius 1 is 1.25 bits per heavy atom. The van der Waals surface area contributed by atoms with E-state index in [9.17, 15) is 9.90 Å². The first-order valence-electron chi connectivity index (χ1n) is 8.47. The average molecular weight is 336 g/mol. The molecule has 1 aromatic rings. The fourth-order valence-electron chi connectivity index (χ4n) is 2.71. The Labute approximate surface area is 143 Å². The summed E-state index contributed by atoms with van der Waals surface area (Å²) in [6, 6.07) is 3.66. The molecule has 0 radical (unpaired) electrons. The number of aromatic hydroxyl groups is 1. The minimum absolute atomic E-state index is 0.232. The Kier molecular flexibility index (Phi) is 6.24. The molecule has 0 aromatic heterocycles. The molecule has 134 valence electrons. The summed E-state index contributed by atoms with van der Waals surface area (Å²) in [6.07, 6.45) is 1.48.